The van der Waals surface area contributed by atoms with Gasteiger partial charge in [0.05, 0.1) is 30.3 Å². The number of nitrogens with two attached hydrogens (primary N) is 1. The van der Waals surface area contributed by atoms with Crippen LogP contribution in [0.25, 0.3) is 0 Å². The van der Waals surface area contributed by atoms with Crippen molar-refractivity contribution in [3.05, 3.63) is 52.0 Å². The second-order valence-electron chi connectivity index (χ2n) is 4.07. The molecule has 0 spiro atoms. The summed E-state index contributed by atoms with van der Waals surface area (Å²) >= 11 is 0. The van der Waals surface area contributed by atoms with Gasteiger partial charge in [-0.05, 0) is 18.2 Å². The van der Waals surface area contributed by atoms with Crippen LogP contribution in [0.5, 0.6) is 5.75 Å². The summed E-state index contributed by atoms with van der Waals surface area (Å²) in [5.74, 6) is 0.261. The first kappa shape index (κ1) is 14.5. The molecular formula is C13H13N3O5. The van der Waals surface area contributed by atoms with E-state index >= 15 is 0 Å². The summed E-state index contributed by atoms with van der Waals surface area (Å²) in [4.78, 5) is 22.1. The molecule has 0 atom stereocenters. The zero-order valence-electron chi connectivity index (χ0n) is 11.2. The van der Waals surface area contributed by atoms with Crippen LogP contribution in [-0.4, -0.2) is 17.9 Å². The number of non-ortho nitro benzene ring substituents is 1. The summed E-state index contributed by atoms with van der Waals surface area (Å²) in [6.07, 6.45) is 0. The van der Waals surface area contributed by atoms with Crippen molar-refractivity contribution in [1.29, 1.82) is 0 Å². The fourth-order valence-corrected chi connectivity index (χ4v) is 1.69. The molecule has 0 aliphatic rings. The Morgan fingerprint density at radius 1 is 1.43 bits per heavy atom. The molecule has 0 saturated carbocycles. The number of hydrogen-bond acceptors (Lipinski definition) is 6. The van der Waals surface area contributed by atoms with E-state index in [1.165, 1.54) is 31.4 Å². The van der Waals surface area contributed by atoms with Crippen molar-refractivity contribution in [3.8, 4) is 5.75 Å². The number of benzene rings is 1. The van der Waals surface area contributed by atoms with Crippen LogP contribution in [0.15, 0.2) is 34.7 Å². The Hall–Kier alpha value is -2.87. The molecule has 1 amide bonds. The van der Waals surface area contributed by atoms with Crippen molar-refractivity contribution in [2.75, 3.05) is 12.4 Å². The van der Waals surface area contributed by atoms with E-state index in [0.29, 0.717) is 11.4 Å². The van der Waals surface area contributed by atoms with Crippen LogP contribution in [0.2, 0.25) is 0 Å². The summed E-state index contributed by atoms with van der Waals surface area (Å²) in [5.41, 5.74) is 5.57. The minimum atomic E-state index is -0.547. The smallest absolute Gasteiger partial charge is 0.291 e. The van der Waals surface area contributed by atoms with Gasteiger partial charge in [0.25, 0.3) is 11.6 Å². The van der Waals surface area contributed by atoms with Crippen molar-refractivity contribution < 1.29 is 18.9 Å². The van der Waals surface area contributed by atoms with Gasteiger partial charge in [0.15, 0.2) is 5.76 Å². The summed E-state index contributed by atoms with van der Waals surface area (Å²) < 4.78 is 10.2. The van der Waals surface area contributed by atoms with Gasteiger partial charge < -0.3 is 20.2 Å². The molecule has 0 fully saturated rings. The molecule has 3 N–H and O–H groups in total. The fraction of sp³-hybridized carbons (Fsp3) is 0.154. The Labute approximate surface area is 119 Å². The minimum Gasteiger partial charge on any atom is -0.494 e. The second-order valence-corrected chi connectivity index (χ2v) is 4.07. The molecule has 2 aromatic rings. The van der Waals surface area contributed by atoms with E-state index in [-0.39, 0.29) is 23.7 Å². The number of carbonyl (C=O) groups is 1. The SMILES string of the molecule is COc1cc([N+](=O)[O-])ccc1NC(=O)c1ccc(CN)o1. The molecule has 0 aliphatic heterocycles. The van der Waals surface area contributed by atoms with E-state index in [1.54, 1.807) is 6.07 Å². The lowest BCUT2D eigenvalue weighted by Gasteiger charge is -2.08. The van der Waals surface area contributed by atoms with Crippen molar-refractivity contribution in [2.45, 2.75) is 6.54 Å². The van der Waals surface area contributed by atoms with Gasteiger partial charge in [-0.2, -0.15) is 0 Å². The van der Waals surface area contributed by atoms with E-state index in [4.69, 9.17) is 14.9 Å². The highest BCUT2D eigenvalue weighted by atomic mass is 16.6. The van der Waals surface area contributed by atoms with E-state index in [1.807, 2.05) is 0 Å². The number of nitro benzene ring substituents is 1. The van der Waals surface area contributed by atoms with Crippen molar-refractivity contribution in [2.24, 2.45) is 5.73 Å². The average Bonchev–Trinajstić information content (AvgIpc) is 2.96. The highest BCUT2D eigenvalue weighted by molar-refractivity contribution is 6.03. The summed E-state index contributed by atoms with van der Waals surface area (Å²) in [5, 5.41) is 13.3. The lowest BCUT2D eigenvalue weighted by Crippen LogP contribution is -2.12. The standard InChI is InChI=1S/C13H13N3O5/c1-20-12-6-8(16(18)19)2-4-10(12)15-13(17)11-5-3-9(7-14)21-11/h2-6H,7,14H2,1H3,(H,15,17). The Morgan fingerprint density at radius 2 is 2.19 bits per heavy atom. The Kier molecular flexibility index (Phi) is 4.19. The number of nitrogens with one attached hydrogen (secondary N) is 1. The molecule has 0 aliphatic carbocycles. The minimum absolute atomic E-state index is 0.0934. The van der Waals surface area contributed by atoms with Crippen molar-refractivity contribution in [3.63, 3.8) is 0 Å². The predicted octanol–water partition coefficient (Wildman–Crippen LogP) is 1.91. The van der Waals surface area contributed by atoms with Gasteiger partial charge >= 0.3 is 0 Å². The van der Waals surface area contributed by atoms with Gasteiger partial charge in [-0.25, -0.2) is 0 Å². The molecule has 0 saturated heterocycles. The average molecular weight is 291 g/mol. The van der Waals surface area contributed by atoms with Gasteiger partial charge in [0.2, 0.25) is 0 Å². The van der Waals surface area contributed by atoms with Gasteiger partial charge in [-0.15, -0.1) is 0 Å². The second kappa shape index (κ2) is 6.06. The van der Waals surface area contributed by atoms with Crippen LogP contribution in [-0.2, 0) is 6.54 Å². The summed E-state index contributed by atoms with van der Waals surface area (Å²) in [6, 6.07) is 6.98. The third-order valence-electron chi connectivity index (χ3n) is 2.73. The number of nitro groups is 1. The number of ether oxygens (including phenoxy) is 1. The molecule has 110 valence electrons. The molecule has 8 nitrogen and oxygen atoms in total. The summed E-state index contributed by atoms with van der Waals surface area (Å²) in [7, 11) is 1.36. The maximum absolute atomic E-state index is 12.0. The fourth-order valence-electron chi connectivity index (χ4n) is 1.69. The molecule has 21 heavy (non-hydrogen) atoms. The monoisotopic (exact) mass is 291 g/mol. The number of nitrogens with zero attached hydrogens (tertiary/aromatic N) is 1. The normalized spacial score (nSPS) is 10.2. The third-order valence-corrected chi connectivity index (χ3v) is 2.73. The van der Waals surface area contributed by atoms with Gasteiger partial charge in [-0.1, -0.05) is 0 Å². The molecule has 1 heterocycles. The molecular weight excluding hydrogens is 278 g/mol. The van der Waals surface area contributed by atoms with Crippen LogP contribution in [0.3, 0.4) is 0 Å². The highest BCUT2D eigenvalue weighted by Crippen LogP contribution is 2.29. The first-order valence-electron chi connectivity index (χ1n) is 5.97. The lowest BCUT2D eigenvalue weighted by atomic mass is 10.2. The zero-order valence-corrected chi connectivity index (χ0v) is 11.2. The van der Waals surface area contributed by atoms with Crippen LogP contribution >= 0.6 is 0 Å². The number of furan rings is 1. The number of rotatable bonds is 5. The van der Waals surface area contributed by atoms with Crippen LogP contribution < -0.4 is 15.8 Å². The molecule has 0 bridgehead atoms. The molecule has 0 radical (unpaired) electrons. The molecule has 1 aromatic carbocycles. The van der Waals surface area contributed by atoms with Gasteiger partial charge in [-0.3, -0.25) is 14.9 Å². The molecule has 0 unspecified atom stereocenters. The molecule has 2 rings (SSSR count). The Bertz CT molecular complexity index is 680. The topological polar surface area (TPSA) is 121 Å². The van der Waals surface area contributed by atoms with Crippen LogP contribution in [0.4, 0.5) is 11.4 Å². The predicted molar refractivity (Wildman–Crippen MR) is 74.2 cm³/mol. The van der Waals surface area contributed by atoms with Crippen LogP contribution in [0.1, 0.15) is 16.3 Å². The number of anilines is 1. The van der Waals surface area contributed by atoms with Crippen molar-refractivity contribution >= 4 is 17.3 Å². The van der Waals surface area contributed by atoms with E-state index in [0.717, 1.165) is 0 Å². The number of methoxy groups -OCH3 is 1. The van der Waals surface area contributed by atoms with Gasteiger partial charge in [0.1, 0.15) is 11.5 Å². The maximum Gasteiger partial charge on any atom is 0.291 e. The lowest BCUT2D eigenvalue weighted by molar-refractivity contribution is -0.384. The quantitative estimate of drug-likeness (QED) is 0.641. The van der Waals surface area contributed by atoms with E-state index in [9.17, 15) is 14.9 Å². The number of amides is 1. The highest BCUT2D eigenvalue weighted by Gasteiger charge is 2.16. The van der Waals surface area contributed by atoms with Gasteiger partial charge in [0, 0.05) is 6.07 Å². The third kappa shape index (κ3) is 3.18. The first-order valence-corrected chi connectivity index (χ1v) is 5.97. The Morgan fingerprint density at radius 3 is 2.76 bits per heavy atom. The number of carbonyl (C=O) groups excluding carboxylic acids is 1. The first-order chi connectivity index (χ1) is 10.0. The zero-order chi connectivity index (χ0) is 15.4. The van der Waals surface area contributed by atoms with Crippen LogP contribution in [0, 0.1) is 10.1 Å². The number of hydrogen-bond donors (Lipinski definition) is 2. The molecule has 8 heteroatoms. The Balaban J connectivity index is 2.22. The van der Waals surface area contributed by atoms with Crippen molar-refractivity contribution in [1.82, 2.24) is 0 Å². The molecule has 1 aromatic heterocycles. The largest absolute Gasteiger partial charge is 0.494 e. The maximum atomic E-state index is 12.0. The van der Waals surface area contributed by atoms with E-state index in [2.05, 4.69) is 5.32 Å². The van der Waals surface area contributed by atoms with E-state index < -0.39 is 10.8 Å². The summed E-state index contributed by atoms with van der Waals surface area (Å²) in [6.45, 7) is 0.189.